The summed E-state index contributed by atoms with van der Waals surface area (Å²) < 4.78 is 1.67. The van der Waals surface area contributed by atoms with Crippen LogP contribution in [0.4, 0.5) is 11.5 Å². The number of nitro groups is 1. The van der Waals surface area contributed by atoms with Crippen LogP contribution < -0.4 is 5.32 Å². The van der Waals surface area contributed by atoms with Gasteiger partial charge in [-0.1, -0.05) is 0 Å². The van der Waals surface area contributed by atoms with Gasteiger partial charge < -0.3 is 10.4 Å². The minimum Gasteiger partial charge on any atom is -0.478 e. The van der Waals surface area contributed by atoms with E-state index in [1.165, 1.54) is 0 Å². The second-order valence-electron chi connectivity index (χ2n) is 4.31. The van der Waals surface area contributed by atoms with Gasteiger partial charge in [-0.05, 0) is 6.07 Å². The molecule has 0 atom stereocenters. The highest BCUT2D eigenvalue weighted by molar-refractivity contribution is 5.93. The molecule has 0 aliphatic rings. The third-order valence-electron chi connectivity index (χ3n) is 2.76. The summed E-state index contributed by atoms with van der Waals surface area (Å²) in [4.78, 5) is 24.9. The second-order valence-corrected chi connectivity index (χ2v) is 4.31. The highest BCUT2D eigenvalue weighted by atomic mass is 16.6. The molecule has 0 spiro atoms. The average molecular weight is 291 g/mol. The number of aromatic carboxylic acids is 1. The van der Waals surface area contributed by atoms with Crippen molar-refractivity contribution in [1.82, 2.24) is 14.8 Å². The summed E-state index contributed by atoms with van der Waals surface area (Å²) in [6.45, 7) is 0.419. The van der Waals surface area contributed by atoms with Crippen molar-refractivity contribution in [2.24, 2.45) is 7.05 Å². The van der Waals surface area contributed by atoms with E-state index in [4.69, 9.17) is 5.11 Å². The van der Waals surface area contributed by atoms with Crippen LogP contribution in [0.3, 0.4) is 0 Å². The molecule has 0 aliphatic carbocycles. The molecule has 2 aromatic heterocycles. The molecule has 2 heterocycles. The molecule has 0 saturated heterocycles. The number of pyridine rings is 1. The first-order valence-corrected chi connectivity index (χ1v) is 6.07. The van der Waals surface area contributed by atoms with Crippen molar-refractivity contribution in [3.63, 3.8) is 0 Å². The van der Waals surface area contributed by atoms with Crippen molar-refractivity contribution in [2.75, 3.05) is 11.9 Å². The van der Waals surface area contributed by atoms with E-state index in [-0.39, 0.29) is 17.1 Å². The van der Waals surface area contributed by atoms with Crippen LogP contribution in [0.15, 0.2) is 24.5 Å². The number of aryl methyl sites for hydroxylation is 1. The van der Waals surface area contributed by atoms with Gasteiger partial charge in [-0.15, -0.1) is 0 Å². The quantitative estimate of drug-likeness (QED) is 0.602. The molecule has 9 heteroatoms. The number of hydrogen-bond acceptors (Lipinski definition) is 6. The fraction of sp³-hybridized carbons (Fsp3) is 0.250. The molecule has 0 bridgehead atoms. The van der Waals surface area contributed by atoms with Gasteiger partial charge in [0.15, 0.2) is 0 Å². The van der Waals surface area contributed by atoms with Gasteiger partial charge in [0, 0.05) is 32.3 Å². The number of anilines is 1. The van der Waals surface area contributed by atoms with Gasteiger partial charge >= 0.3 is 5.97 Å². The molecule has 0 amide bonds. The standard InChI is InChI=1S/C12H13N5O4/c1-16-5-3-8(15-16)2-4-13-11-10(12(18)19)6-9(7-14-11)17(20)21/h3,5-7H,2,4H2,1H3,(H,13,14)(H,18,19). The number of carbonyl (C=O) groups is 1. The maximum absolute atomic E-state index is 11.1. The Balaban J connectivity index is 2.08. The maximum Gasteiger partial charge on any atom is 0.339 e. The van der Waals surface area contributed by atoms with Crippen molar-refractivity contribution in [2.45, 2.75) is 6.42 Å². The number of nitrogens with one attached hydrogen (secondary N) is 1. The van der Waals surface area contributed by atoms with Gasteiger partial charge in [-0.25, -0.2) is 9.78 Å². The van der Waals surface area contributed by atoms with E-state index in [0.717, 1.165) is 18.0 Å². The van der Waals surface area contributed by atoms with Gasteiger partial charge in [-0.2, -0.15) is 5.10 Å². The fourth-order valence-corrected chi connectivity index (χ4v) is 1.76. The van der Waals surface area contributed by atoms with E-state index in [1.807, 2.05) is 12.3 Å². The second kappa shape index (κ2) is 5.99. The molecular weight excluding hydrogens is 278 g/mol. The van der Waals surface area contributed by atoms with Crippen LogP contribution in [-0.2, 0) is 13.5 Å². The van der Waals surface area contributed by atoms with Crippen molar-refractivity contribution < 1.29 is 14.8 Å². The van der Waals surface area contributed by atoms with Crippen LogP contribution in [0.1, 0.15) is 16.1 Å². The van der Waals surface area contributed by atoms with Crippen molar-refractivity contribution in [3.8, 4) is 0 Å². The number of carboxylic acid groups (broad SMARTS) is 1. The molecule has 2 rings (SSSR count). The summed E-state index contributed by atoms with van der Waals surface area (Å²) in [6, 6.07) is 2.83. The third-order valence-corrected chi connectivity index (χ3v) is 2.76. The van der Waals surface area contributed by atoms with Gasteiger partial charge in [0.05, 0.1) is 10.6 Å². The maximum atomic E-state index is 11.1. The zero-order chi connectivity index (χ0) is 15.4. The zero-order valence-corrected chi connectivity index (χ0v) is 11.2. The van der Waals surface area contributed by atoms with E-state index < -0.39 is 10.9 Å². The Morgan fingerprint density at radius 1 is 1.57 bits per heavy atom. The summed E-state index contributed by atoms with van der Waals surface area (Å²) in [5.41, 5.74) is 0.261. The first-order valence-electron chi connectivity index (χ1n) is 6.07. The molecule has 2 aromatic rings. The molecule has 0 aliphatic heterocycles. The molecule has 0 aromatic carbocycles. The SMILES string of the molecule is Cn1ccc(CCNc2ncc([N+](=O)[O-])cc2C(=O)O)n1. The number of carboxylic acids is 1. The Morgan fingerprint density at radius 2 is 2.33 bits per heavy atom. The summed E-state index contributed by atoms with van der Waals surface area (Å²) in [6.07, 6.45) is 3.41. The Hall–Kier alpha value is -2.97. The molecule has 2 N–H and O–H groups in total. The van der Waals surface area contributed by atoms with Gasteiger partial charge in [0.25, 0.3) is 5.69 Å². The highest BCUT2D eigenvalue weighted by Crippen LogP contribution is 2.19. The fourth-order valence-electron chi connectivity index (χ4n) is 1.76. The van der Waals surface area contributed by atoms with Crippen LogP contribution >= 0.6 is 0 Å². The predicted molar refractivity (Wildman–Crippen MR) is 73.3 cm³/mol. The Bertz CT molecular complexity index is 682. The highest BCUT2D eigenvalue weighted by Gasteiger charge is 2.17. The third kappa shape index (κ3) is 3.53. The topological polar surface area (TPSA) is 123 Å². The Labute approximate surface area is 119 Å². The zero-order valence-electron chi connectivity index (χ0n) is 11.2. The largest absolute Gasteiger partial charge is 0.478 e. The molecule has 0 saturated carbocycles. The minimum atomic E-state index is -1.27. The minimum absolute atomic E-state index is 0.101. The first kappa shape index (κ1) is 14.4. The first-order chi connectivity index (χ1) is 9.97. The van der Waals surface area contributed by atoms with Crippen molar-refractivity contribution >= 4 is 17.5 Å². The number of aromatic nitrogens is 3. The lowest BCUT2D eigenvalue weighted by Gasteiger charge is -2.07. The van der Waals surface area contributed by atoms with Gasteiger partial charge in [0.2, 0.25) is 0 Å². The smallest absolute Gasteiger partial charge is 0.339 e. The molecule has 0 unspecified atom stereocenters. The lowest BCUT2D eigenvalue weighted by molar-refractivity contribution is -0.385. The number of rotatable bonds is 6. The van der Waals surface area contributed by atoms with Gasteiger partial charge in [0.1, 0.15) is 17.6 Å². The molecule has 21 heavy (non-hydrogen) atoms. The van der Waals surface area contributed by atoms with Crippen LogP contribution in [0.5, 0.6) is 0 Å². The van der Waals surface area contributed by atoms with Crippen LogP contribution in [0.2, 0.25) is 0 Å². The lowest BCUT2D eigenvalue weighted by Crippen LogP contribution is -2.12. The Morgan fingerprint density at radius 3 is 2.90 bits per heavy atom. The van der Waals surface area contributed by atoms with Crippen LogP contribution in [0.25, 0.3) is 0 Å². The molecule has 0 radical (unpaired) electrons. The van der Waals surface area contributed by atoms with Crippen LogP contribution in [0, 0.1) is 10.1 Å². The Kier molecular flexibility index (Phi) is 4.12. The van der Waals surface area contributed by atoms with Crippen molar-refractivity contribution in [1.29, 1.82) is 0 Å². The van der Waals surface area contributed by atoms with E-state index in [1.54, 1.807) is 11.7 Å². The predicted octanol–water partition coefficient (Wildman–Crippen LogP) is 1.08. The lowest BCUT2D eigenvalue weighted by atomic mass is 10.2. The van der Waals surface area contributed by atoms with E-state index in [9.17, 15) is 14.9 Å². The number of nitrogens with zero attached hydrogens (tertiary/aromatic N) is 4. The van der Waals surface area contributed by atoms with E-state index in [2.05, 4.69) is 15.4 Å². The summed E-state index contributed by atoms with van der Waals surface area (Å²) in [5.74, 6) is -1.17. The number of hydrogen-bond donors (Lipinski definition) is 2. The van der Waals surface area contributed by atoms with E-state index in [0.29, 0.717) is 13.0 Å². The van der Waals surface area contributed by atoms with Crippen LogP contribution in [-0.4, -0.2) is 37.3 Å². The molecule has 9 nitrogen and oxygen atoms in total. The molecule has 110 valence electrons. The summed E-state index contributed by atoms with van der Waals surface area (Å²) in [7, 11) is 1.80. The monoisotopic (exact) mass is 291 g/mol. The molecular formula is C12H13N5O4. The molecule has 0 fully saturated rings. The summed E-state index contributed by atoms with van der Waals surface area (Å²) >= 11 is 0. The van der Waals surface area contributed by atoms with Crippen molar-refractivity contribution in [3.05, 3.63) is 45.9 Å². The normalized spacial score (nSPS) is 10.3. The van der Waals surface area contributed by atoms with Gasteiger partial charge in [-0.3, -0.25) is 14.8 Å². The summed E-state index contributed by atoms with van der Waals surface area (Å²) in [5, 5.41) is 26.7. The van der Waals surface area contributed by atoms with E-state index >= 15 is 0 Å². The average Bonchev–Trinajstić information content (AvgIpc) is 2.84.